The maximum Gasteiger partial charge on any atom is 0.148 e. The van der Waals surface area contributed by atoms with Crippen LogP contribution < -0.4 is 11.1 Å². The minimum atomic E-state index is 0.596. The summed E-state index contributed by atoms with van der Waals surface area (Å²) in [4.78, 5) is 2.34. The van der Waals surface area contributed by atoms with Crippen molar-refractivity contribution in [3.8, 4) is 0 Å². The third-order valence-electron chi connectivity index (χ3n) is 3.33. The van der Waals surface area contributed by atoms with E-state index in [0.717, 1.165) is 43.3 Å². The van der Waals surface area contributed by atoms with Gasteiger partial charge < -0.3 is 16.0 Å². The summed E-state index contributed by atoms with van der Waals surface area (Å²) >= 11 is 0. The number of nitrogen functional groups attached to an aromatic ring is 1. The van der Waals surface area contributed by atoms with Crippen molar-refractivity contribution < 1.29 is 0 Å². The molecule has 0 aromatic carbocycles. The normalized spacial score (nSPS) is 11.5. The van der Waals surface area contributed by atoms with Crippen molar-refractivity contribution in [2.24, 2.45) is 0 Å². The van der Waals surface area contributed by atoms with Gasteiger partial charge in [0.25, 0.3) is 0 Å². The molecular weight excluding hydrogens is 226 g/mol. The molecule has 0 radical (unpaired) electrons. The van der Waals surface area contributed by atoms with Crippen LogP contribution in [0.25, 0.3) is 0 Å². The van der Waals surface area contributed by atoms with Gasteiger partial charge in [-0.2, -0.15) is 5.10 Å². The highest BCUT2D eigenvalue weighted by Crippen LogP contribution is 2.21. The van der Waals surface area contributed by atoms with E-state index in [2.05, 4.69) is 43.1 Å². The first-order valence-electron chi connectivity index (χ1n) is 6.74. The maximum atomic E-state index is 6.01. The summed E-state index contributed by atoms with van der Waals surface area (Å²) in [5.41, 5.74) is 7.69. The van der Waals surface area contributed by atoms with Crippen LogP contribution in [0.5, 0.6) is 0 Å². The van der Waals surface area contributed by atoms with Gasteiger partial charge >= 0.3 is 0 Å². The van der Waals surface area contributed by atoms with Gasteiger partial charge in [-0.1, -0.05) is 0 Å². The summed E-state index contributed by atoms with van der Waals surface area (Å²) in [5, 5.41) is 7.79. The Balaban J connectivity index is 2.44. The van der Waals surface area contributed by atoms with E-state index < -0.39 is 0 Å². The van der Waals surface area contributed by atoms with E-state index in [9.17, 15) is 0 Å². The van der Waals surface area contributed by atoms with Crippen molar-refractivity contribution in [3.63, 3.8) is 0 Å². The average molecular weight is 253 g/mol. The third-order valence-corrected chi connectivity index (χ3v) is 3.33. The Morgan fingerprint density at radius 3 is 2.67 bits per heavy atom. The number of anilines is 2. The lowest BCUT2D eigenvalue weighted by molar-refractivity contribution is 0.273. The molecule has 0 fully saturated rings. The van der Waals surface area contributed by atoms with Gasteiger partial charge in [-0.25, -0.2) is 4.68 Å². The zero-order valence-corrected chi connectivity index (χ0v) is 12.3. The second-order valence-electron chi connectivity index (χ2n) is 5.02. The van der Waals surface area contributed by atoms with E-state index in [1.54, 1.807) is 0 Å². The van der Waals surface area contributed by atoms with E-state index in [1.165, 1.54) is 0 Å². The quantitative estimate of drug-likeness (QED) is 0.729. The summed E-state index contributed by atoms with van der Waals surface area (Å²) in [6, 6.07) is 0.596. The predicted molar refractivity (Wildman–Crippen MR) is 77.9 cm³/mol. The maximum absolute atomic E-state index is 6.01. The van der Waals surface area contributed by atoms with E-state index in [1.807, 2.05) is 11.6 Å². The Bertz CT molecular complexity index is 370. The molecule has 0 saturated carbocycles. The lowest BCUT2D eigenvalue weighted by Gasteiger charge is -2.21. The fraction of sp³-hybridized carbons (Fsp3) is 0.769. The second-order valence-corrected chi connectivity index (χ2v) is 5.02. The summed E-state index contributed by atoms with van der Waals surface area (Å²) in [6.07, 6.45) is 1.10. The fourth-order valence-corrected chi connectivity index (χ4v) is 1.80. The van der Waals surface area contributed by atoms with Crippen LogP contribution in [0.15, 0.2) is 0 Å². The Labute approximate surface area is 110 Å². The van der Waals surface area contributed by atoms with Crippen molar-refractivity contribution in [3.05, 3.63) is 5.69 Å². The molecule has 3 N–H and O–H groups in total. The lowest BCUT2D eigenvalue weighted by Crippen LogP contribution is -2.28. The minimum absolute atomic E-state index is 0.596. The topological polar surface area (TPSA) is 59.1 Å². The van der Waals surface area contributed by atoms with Gasteiger partial charge in [-0.05, 0) is 47.7 Å². The highest BCUT2D eigenvalue weighted by Gasteiger charge is 2.10. The van der Waals surface area contributed by atoms with Crippen molar-refractivity contribution in [2.75, 3.05) is 31.2 Å². The van der Waals surface area contributed by atoms with Crippen LogP contribution >= 0.6 is 0 Å². The summed E-state index contributed by atoms with van der Waals surface area (Å²) < 4.78 is 1.93. The van der Waals surface area contributed by atoms with Gasteiger partial charge in [0.2, 0.25) is 0 Å². The number of nitrogens with one attached hydrogen (secondary N) is 1. The second kappa shape index (κ2) is 6.64. The van der Waals surface area contributed by atoms with Crippen molar-refractivity contribution in [1.29, 1.82) is 0 Å². The molecule has 104 valence electrons. The van der Waals surface area contributed by atoms with Crippen LogP contribution in [0.2, 0.25) is 0 Å². The Morgan fingerprint density at radius 2 is 2.11 bits per heavy atom. The molecule has 0 aliphatic carbocycles. The van der Waals surface area contributed by atoms with Crippen molar-refractivity contribution in [2.45, 2.75) is 46.7 Å². The van der Waals surface area contributed by atoms with Crippen molar-refractivity contribution >= 4 is 11.5 Å². The molecule has 1 rings (SSSR count). The number of hydrogen-bond donors (Lipinski definition) is 2. The Kier molecular flexibility index (Phi) is 5.47. The zero-order valence-electron chi connectivity index (χ0n) is 12.3. The molecule has 0 aliphatic heterocycles. The lowest BCUT2D eigenvalue weighted by atomic mass is 10.3. The zero-order chi connectivity index (χ0) is 13.7. The molecular formula is C13H27N5. The molecule has 5 nitrogen and oxygen atoms in total. The van der Waals surface area contributed by atoms with E-state index in [-0.39, 0.29) is 0 Å². The largest absolute Gasteiger partial charge is 0.394 e. The summed E-state index contributed by atoms with van der Waals surface area (Å²) in [5.74, 6) is 0.960. The molecule has 18 heavy (non-hydrogen) atoms. The van der Waals surface area contributed by atoms with Crippen LogP contribution in [0, 0.1) is 6.92 Å². The smallest absolute Gasteiger partial charge is 0.148 e. The molecule has 5 heteroatoms. The molecule has 1 heterocycles. The van der Waals surface area contributed by atoms with E-state index in [4.69, 9.17) is 5.73 Å². The van der Waals surface area contributed by atoms with Crippen LogP contribution in [0.3, 0.4) is 0 Å². The molecule has 0 atom stereocenters. The highest BCUT2D eigenvalue weighted by atomic mass is 15.3. The first-order valence-corrected chi connectivity index (χ1v) is 6.74. The number of hydrogen-bond acceptors (Lipinski definition) is 4. The molecule has 0 saturated heterocycles. The number of rotatable bonds is 7. The van der Waals surface area contributed by atoms with Gasteiger partial charge in [0.15, 0.2) is 0 Å². The summed E-state index contributed by atoms with van der Waals surface area (Å²) in [7, 11) is 2.15. The Morgan fingerprint density at radius 1 is 1.44 bits per heavy atom. The Hall–Kier alpha value is -1.23. The van der Waals surface area contributed by atoms with Gasteiger partial charge in [-0.3, -0.25) is 0 Å². The molecule has 1 aromatic rings. The van der Waals surface area contributed by atoms with Crippen LogP contribution in [-0.4, -0.2) is 40.9 Å². The van der Waals surface area contributed by atoms with Crippen LogP contribution in [-0.2, 0) is 6.54 Å². The van der Waals surface area contributed by atoms with Crippen LogP contribution in [0.1, 0.15) is 32.9 Å². The monoisotopic (exact) mass is 253 g/mol. The highest BCUT2D eigenvalue weighted by molar-refractivity contribution is 5.64. The molecule has 1 aromatic heterocycles. The number of aryl methyl sites for hydroxylation is 2. The van der Waals surface area contributed by atoms with E-state index >= 15 is 0 Å². The molecule has 0 amide bonds. The SMILES string of the molecule is CCn1nc(C)c(N)c1NCCCN(C)C(C)C. The number of nitrogens with zero attached hydrogens (tertiary/aromatic N) is 3. The summed E-state index contributed by atoms with van der Waals surface area (Å²) in [6.45, 7) is 11.3. The number of nitrogens with two attached hydrogens (primary N) is 1. The van der Waals surface area contributed by atoms with Gasteiger partial charge in [0, 0.05) is 19.1 Å². The first kappa shape index (κ1) is 14.8. The van der Waals surface area contributed by atoms with Gasteiger partial charge in [0.05, 0.1) is 11.4 Å². The molecule has 0 unspecified atom stereocenters. The number of aromatic nitrogens is 2. The molecule has 0 spiro atoms. The standard InChI is InChI=1S/C13H27N5/c1-6-18-13(12(14)11(4)16-18)15-8-7-9-17(5)10(2)3/h10,15H,6-9,14H2,1-5H3. The molecule has 0 bridgehead atoms. The van der Waals surface area contributed by atoms with Gasteiger partial charge in [-0.15, -0.1) is 0 Å². The van der Waals surface area contributed by atoms with Crippen molar-refractivity contribution in [1.82, 2.24) is 14.7 Å². The van der Waals surface area contributed by atoms with Gasteiger partial charge in [0.1, 0.15) is 5.82 Å². The predicted octanol–water partition coefficient (Wildman–Crippen LogP) is 1.94. The third kappa shape index (κ3) is 3.63. The minimum Gasteiger partial charge on any atom is -0.394 e. The average Bonchev–Trinajstić information content (AvgIpc) is 2.61. The van der Waals surface area contributed by atoms with E-state index in [0.29, 0.717) is 6.04 Å². The fourth-order valence-electron chi connectivity index (χ4n) is 1.80. The first-order chi connectivity index (χ1) is 8.47. The van der Waals surface area contributed by atoms with Crippen LogP contribution in [0.4, 0.5) is 11.5 Å². The molecule has 0 aliphatic rings.